The minimum atomic E-state index is -0.0623. The maximum Gasteiger partial charge on any atom is 0.0580 e. The number of thioether (sulfide) groups is 1. The van der Waals surface area contributed by atoms with Crippen molar-refractivity contribution in [3.05, 3.63) is 0 Å². The molecule has 3 heteroatoms. The summed E-state index contributed by atoms with van der Waals surface area (Å²) in [6.45, 7) is 12.8. The first-order valence-electron chi connectivity index (χ1n) is 7.92. The summed E-state index contributed by atoms with van der Waals surface area (Å²) in [6, 6.07) is 0. The molecular weight excluding hydrogens is 254 g/mol. The van der Waals surface area contributed by atoms with Crippen LogP contribution in [0.2, 0.25) is 0 Å². The van der Waals surface area contributed by atoms with Crippen molar-refractivity contribution in [1.29, 1.82) is 0 Å². The molecule has 3 atom stereocenters. The molecule has 0 amide bonds. The van der Waals surface area contributed by atoms with Gasteiger partial charge in [-0.3, -0.25) is 0 Å². The van der Waals surface area contributed by atoms with Crippen molar-refractivity contribution in [2.75, 3.05) is 25.4 Å². The molecule has 1 aliphatic carbocycles. The summed E-state index contributed by atoms with van der Waals surface area (Å²) < 4.78 is 0.384. The molecule has 0 spiro atoms. The number of aliphatic hydroxyl groups is 1. The molecular formula is C16H31NOS. The molecule has 0 aromatic rings. The Morgan fingerprint density at radius 2 is 2.05 bits per heavy atom. The van der Waals surface area contributed by atoms with Crippen LogP contribution in [-0.2, 0) is 0 Å². The van der Waals surface area contributed by atoms with Gasteiger partial charge in [0.1, 0.15) is 0 Å². The Hall–Kier alpha value is 0.270. The summed E-state index contributed by atoms with van der Waals surface area (Å²) in [5.41, 5.74) is 0. The van der Waals surface area contributed by atoms with Crippen LogP contribution in [0.25, 0.3) is 0 Å². The van der Waals surface area contributed by atoms with E-state index in [1.807, 2.05) is 0 Å². The van der Waals surface area contributed by atoms with E-state index in [0.29, 0.717) is 10.7 Å². The molecule has 1 saturated heterocycles. The maximum atomic E-state index is 10.3. The van der Waals surface area contributed by atoms with E-state index < -0.39 is 0 Å². The van der Waals surface area contributed by atoms with Crippen LogP contribution < -0.4 is 0 Å². The number of nitrogens with zero attached hydrogens (tertiary/aromatic N) is 1. The van der Waals surface area contributed by atoms with Crippen molar-refractivity contribution in [3.63, 3.8) is 0 Å². The van der Waals surface area contributed by atoms with Crippen molar-refractivity contribution in [1.82, 2.24) is 4.90 Å². The van der Waals surface area contributed by atoms with Crippen LogP contribution >= 0.6 is 11.8 Å². The van der Waals surface area contributed by atoms with Gasteiger partial charge in [0.15, 0.2) is 0 Å². The van der Waals surface area contributed by atoms with Gasteiger partial charge >= 0.3 is 0 Å². The van der Waals surface area contributed by atoms with Gasteiger partial charge in [-0.05, 0) is 50.9 Å². The van der Waals surface area contributed by atoms with Crippen LogP contribution in [0.3, 0.4) is 0 Å². The van der Waals surface area contributed by atoms with Gasteiger partial charge in [0, 0.05) is 30.1 Å². The summed E-state index contributed by atoms with van der Waals surface area (Å²) in [7, 11) is 0. The van der Waals surface area contributed by atoms with E-state index in [1.165, 1.54) is 31.7 Å². The van der Waals surface area contributed by atoms with Crippen LogP contribution in [0.1, 0.15) is 47.0 Å². The van der Waals surface area contributed by atoms with Crippen molar-refractivity contribution in [2.45, 2.75) is 57.8 Å². The first-order chi connectivity index (χ1) is 8.87. The zero-order valence-electron chi connectivity index (χ0n) is 13.1. The van der Waals surface area contributed by atoms with Gasteiger partial charge in [-0.25, -0.2) is 0 Å². The Bertz CT molecular complexity index is 292. The Kier molecular flexibility index (Phi) is 5.24. The van der Waals surface area contributed by atoms with E-state index in [0.717, 1.165) is 24.8 Å². The monoisotopic (exact) mass is 285 g/mol. The van der Waals surface area contributed by atoms with Crippen LogP contribution in [0.5, 0.6) is 0 Å². The van der Waals surface area contributed by atoms with E-state index in [1.54, 1.807) is 0 Å². The Balaban J connectivity index is 1.89. The van der Waals surface area contributed by atoms with Crippen molar-refractivity contribution in [3.8, 4) is 0 Å². The maximum absolute atomic E-state index is 10.3. The van der Waals surface area contributed by atoms with E-state index in [4.69, 9.17) is 0 Å². The lowest BCUT2D eigenvalue weighted by Crippen LogP contribution is -2.47. The SMILES string of the molecule is CC(C)C1CCC(O)C(CN2CCSC(C)(C)C2)C1. The first-order valence-corrected chi connectivity index (χ1v) is 8.90. The lowest BCUT2D eigenvalue weighted by Gasteiger charge is -2.42. The van der Waals surface area contributed by atoms with Gasteiger partial charge in [-0.2, -0.15) is 11.8 Å². The molecule has 1 saturated carbocycles. The molecule has 0 radical (unpaired) electrons. The zero-order chi connectivity index (χ0) is 14.0. The van der Waals surface area contributed by atoms with E-state index in [9.17, 15) is 5.11 Å². The van der Waals surface area contributed by atoms with Gasteiger partial charge in [-0.1, -0.05) is 13.8 Å². The molecule has 0 aromatic heterocycles. The van der Waals surface area contributed by atoms with Crippen LogP contribution in [0.15, 0.2) is 0 Å². The largest absolute Gasteiger partial charge is 0.393 e. The van der Waals surface area contributed by atoms with Gasteiger partial charge in [-0.15, -0.1) is 0 Å². The fraction of sp³-hybridized carbons (Fsp3) is 1.00. The highest BCUT2D eigenvalue weighted by atomic mass is 32.2. The molecule has 1 heterocycles. The van der Waals surface area contributed by atoms with E-state index in [2.05, 4.69) is 44.4 Å². The van der Waals surface area contributed by atoms with Gasteiger partial charge < -0.3 is 10.0 Å². The lowest BCUT2D eigenvalue weighted by molar-refractivity contribution is 0.0179. The summed E-state index contributed by atoms with van der Waals surface area (Å²) in [5.74, 6) is 3.33. The minimum absolute atomic E-state index is 0.0623. The normalized spacial score (nSPS) is 36.6. The predicted molar refractivity (Wildman–Crippen MR) is 84.7 cm³/mol. The zero-order valence-corrected chi connectivity index (χ0v) is 13.9. The third-order valence-corrected chi connectivity index (χ3v) is 6.22. The fourth-order valence-corrected chi connectivity index (χ4v) is 4.86. The van der Waals surface area contributed by atoms with Crippen LogP contribution in [0, 0.1) is 17.8 Å². The highest BCUT2D eigenvalue weighted by Crippen LogP contribution is 2.36. The van der Waals surface area contributed by atoms with Crippen LogP contribution in [-0.4, -0.2) is 46.2 Å². The number of aliphatic hydroxyl groups excluding tert-OH is 1. The Morgan fingerprint density at radius 1 is 1.32 bits per heavy atom. The molecule has 0 bridgehead atoms. The number of hydrogen-bond acceptors (Lipinski definition) is 3. The van der Waals surface area contributed by atoms with Crippen molar-refractivity contribution < 1.29 is 5.11 Å². The Morgan fingerprint density at radius 3 is 2.68 bits per heavy atom. The van der Waals surface area contributed by atoms with Gasteiger partial charge in [0.25, 0.3) is 0 Å². The molecule has 1 N–H and O–H groups in total. The number of hydrogen-bond donors (Lipinski definition) is 1. The molecule has 2 rings (SSSR count). The average molecular weight is 285 g/mol. The second-order valence-corrected chi connectivity index (χ2v) is 9.29. The molecule has 3 unspecified atom stereocenters. The smallest absolute Gasteiger partial charge is 0.0580 e. The molecule has 1 aliphatic heterocycles. The average Bonchev–Trinajstić information content (AvgIpc) is 2.30. The fourth-order valence-electron chi connectivity index (χ4n) is 3.69. The van der Waals surface area contributed by atoms with E-state index in [-0.39, 0.29) is 6.10 Å². The molecule has 2 fully saturated rings. The highest BCUT2D eigenvalue weighted by Gasteiger charge is 2.34. The topological polar surface area (TPSA) is 23.5 Å². The second-order valence-electron chi connectivity index (χ2n) is 7.49. The molecule has 2 nitrogen and oxygen atoms in total. The number of rotatable bonds is 3. The molecule has 0 aromatic carbocycles. The van der Waals surface area contributed by atoms with Gasteiger partial charge in [0.2, 0.25) is 0 Å². The first kappa shape index (κ1) is 15.7. The predicted octanol–water partition coefficient (Wildman–Crippen LogP) is 3.25. The summed E-state index contributed by atoms with van der Waals surface area (Å²) in [5, 5.41) is 10.3. The lowest BCUT2D eigenvalue weighted by atomic mass is 9.74. The highest BCUT2D eigenvalue weighted by molar-refractivity contribution is 8.00. The second kappa shape index (κ2) is 6.36. The summed E-state index contributed by atoms with van der Waals surface area (Å²) >= 11 is 2.09. The minimum Gasteiger partial charge on any atom is -0.393 e. The standard InChI is InChI=1S/C16H31NOS/c1-12(2)13-5-6-15(18)14(9-13)10-17-7-8-19-16(3,4)11-17/h12-15,18H,5-11H2,1-4H3. The summed E-state index contributed by atoms with van der Waals surface area (Å²) in [6.07, 6.45) is 3.40. The quantitative estimate of drug-likeness (QED) is 0.861. The van der Waals surface area contributed by atoms with E-state index >= 15 is 0 Å². The van der Waals surface area contributed by atoms with Gasteiger partial charge in [0.05, 0.1) is 6.10 Å². The molecule has 2 aliphatic rings. The third kappa shape index (κ3) is 4.37. The summed E-state index contributed by atoms with van der Waals surface area (Å²) in [4.78, 5) is 2.59. The van der Waals surface area contributed by atoms with Crippen molar-refractivity contribution in [2.24, 2.45) is 17.8 Å². The molecule has 112 valence electrons. The Labute approximate surface area is 123 Å². The van der Waals surface area contributed by atoms with Crippen LogP contribution in [0.4, 0.5) is 0 Å². The third-order valence-electron chi connectivity index (χ3n) is 4.92. The van der Waals surface area contributed by atoms with Crippen molar-refractivity contribution >= 4 is 11.8 Å². The molecule has 19 heavy (non-hydrogen) atoms.